The Kier molecular flexibility index (Phi) is 6.81. The molecular formula is C23H23Cl2N5O3. The Balaban J connectivity index is 0.00000153. The minimum absolute atomic E-state index is 0. The van der Waals surface area contributed by atoms with Gasteiger partial charge in [0.05, 0.1) is 52.8 Å². The van der Waals surface area contributed by atoms with E-state index >= 15 is 0 Å². The quantitative estimate of drug-likeness (QED) is 0.382. The lowest BCUT2D eigenvalue weighted by atomic mass is 10.0. The number of H-pyrrole nitrogens is 1. The molecule has 1 aromatic carbocycles. The molecule has 0 spiro atoms. The van der Waals surface area contributed by atoms with Crippen LogP contribution in [0.15, 0.2) is 52.0 Å². The monoisotopic (exact) mass is 487 g/mol. The standard InChI is InChI=1S/C23H21N5O3.2ClH/c1-12-21(14(3)31-27-12)16-9-18-15(10-20(16)30-4)22-19(11-25-18)26-23(29)28(22)13(2)17-7-5-6-8-24-17;;/h5-11,13H,1-4H3,(H,26,29);2*1H. The first-order valence-corrected chi connectivity index (χ1v) is 9.94. The van der Waals surface area contributed by atoms with Gasteiger partial charge < -0.3 is 14.2 Å². The van der Waals surface area contributed by atoms with E-state index in [1.54, 1.807) is 24.1 Å². The number of methoxy groups -OCH3 is 1. The first kappa shape index (κ1) is 24.3. The molecule has 10 heteroatoms. The molecule has 0 saturated carbocycles. The van der Waals surface area contributed by atoms with Crippen molar-refractivity contribution < 1.29 is 9.26 Å². The van der Waals surface area contributed by atoms with Crippen LogP contribution in [0.2, 0.25) is 0 Å². The van der Waals surface area contributed by atoms with Crippen molar-refractivity contribution in [2.45, 2.75) is 26.8 Å². The maximum absolute atomic E-state index is 12.9. The molecule has 5 aromatic rings. The Morgan fingerprint density at radius 2 is 1.94 bits per heavy atom. The van der Waals surface area contributed by atoms with Crippen LogP contribution in [0.1, 0.15) is 30.1 Å². The fourth-order valence-corrected chi connectivity index (χ4v) is 4.19. The average Bonchev–Trinajstić information content (AvgIpc) is 3.30. The number of nitrogens with zero attached hydrogens (tertiary/aromatic N) is 4. The van der Waals surface area contributed by atoms with Crippen molar-refractivity contribution >= 4 is 46.8 Å². The highest BCUT2D eigenvalue weighted by molar-refractivity contribution is 6.04. The summed E-state index contributed by atoms with van der Waals surface area (Å²) in [5.74, 6) is 1.36. The number of ether oxygens (including phenoxy) is 1. The molecule has 0 aliphatic heterocycles. The molecule has 1 N–H and O–H groups in total. The second-order valence-corrected chi connectivity index (χ2v) is 7.52. The van der Waals surface area contributed by atoms with E-state index in [2.05, 4.69) is 20.1 Å². The van der Waals surface area contributed by atoms with Crippen LogP contribution in [0.5, 0.6) is 5.75 Å². The van der Waals surface area contributed by atoms with Crippen LogP contribution in [0.25, 0.3) is 33.1 Å². The third-order valence-electron chi connectivity index (χ3n) is 5.67. The molecule has 1 unspecified atom stereocenters. The van der Waals surface area contributed by atoms with E-state index in [9.17, 15) is 4.79 Å². The van der Waals surface area contributed by atoms with Crippen molar-refractivity contribution in [2.24, 2.45) is 0 Å². The van der Waals surface area contributed by atoms with Crippen molar-refractivity contribution in [3.05, 3.63) is 70.4 Å². The highest BCUT2D eigenvalue weighted by Gasteiger charge is 2.22. The maximum Gasteiger partial charge on any atom is 0.327 e. The average molecular weight is 488 g/mol. The Hall–Kier alpha value is -3.36. The number of imidazole rings is 1. The van der Waals surface area contributed by atoms with E-state index in [0.717, 1.165) is 38.9 Å². The zero-order chi connectivity index (χ0) is 21.7. The Morgan fingerprint density at radius 1 is 1.15 bits per heavy atom. The number of fused-ring (bicyclic) bond motifs is 3. The summed E-state index contributed by atoms with van der Waals surface area (Å²) in [5, 5.41) is 4.87. The third-order valence-corrected chi connectivity index (χ3v) is 5.67. The molecule has 0 radical (unpaired) electrons. The van der Waals surface area contributed by atoms with Gasteiger partial charge in [-0.3, -0.25) is 14.5 Å². The van der Waals surface area contributed by atoms with Gasteiger partial charge in [-0.05, 0) is 45.0 Å². The van der Waals surface area contributed by atoms with Crippen LogP contribution in [-0.2, 0) is 0 Å². The zero-order valence-corrected chi connectivity index (χ0v) is 20.1. The topological polar surface area (TPSA) is 98.8 Å². The van der Waals surface area contributed by atoms with Gasteiger partial charge in [0.15, 0.2) is 0 Å². The van der Waals surface area contributed by atoms with E-state index < -0.39 is 0 Å². The smallest absolute Gasteiger partial charge is 0.327 e. The number of hydrogen-bond donors (Lipinski definition) is 1. The van der Waals surface area contributed by atoms with Crippen LogP contribution in [0.4, 0.5) is 0 Å². The van der Waals surface area contributed by atoms with Crippen molar-refractivity contribution in [1.29, 1.82) is 0 Å². The number of aromatic nitrogens is 5. The minimum atomic E-state index is -0.263. The van der Waals surface area contributed by atoms with E-state index in [1.165, 1.54) is 0 Å². The predicted octanol–water partition coefficient (Wildman–Crippen LogP) is 5.01. The molecular weight excluding hydrogens is 465 g/mol. The number of hydrogen-bond acceptors (Lipinski definition) is 6. The van der Waals surface area contributed by atoms with Crippen molar-refractivity contribution in [3.63, 3.8) is 0 Å². The predicted molar refractivity (Wildman–Crippen MR) is 132 cm³/mol. The molecule has 0 aliphatic rings. The maximum atomic E-state index is 12.9. The Bertz CT molecular complexity index is 1470. The largest absolute Gasteiger partial charge is 0.496 e. The second-order valence-electron chi connectivity index (χ2n) is 7.52. The molecule has 0 saturated heterocycles. The van der Waals surface area contributed by atoms with Gasteiger partial charge in [-0.25, -0.2) is 4.79 Å². The number of halogens is 2. The highest BCUT2D eigenvalue weighted by atomic mass is 35.5. The van der Waals surface area contributed by atoms with Gasteiger partial charge in [0.2, 0.25) is 0 Å². The van der Waals surface area contributed by atoms with Crippen LogP contribution in [-0.4, -0.2) is 31.8 Å². The summed E-state index contributed by atoms with van der Waals surface area (Å²) in [7, 11) is 1.62. The fraction of sp³-hybridized carbons (Fsp3) is 0.217. The van der Waals surface area contributed by atoms with Crippen LogP contribution in [0.3, 0.4) is 0 Å². The van der Waals surface area contributed by atoms with E-state index in [-0.39, 0.29) is 36.5 Å². The van der Waals surface area contributed by atoms with Crippen molar-refractivity contribution in [1.82, 2.24) is 24.7 Å². The lowest BCUT2D eigenvalue weighted by Gasteiger charge is -2.15. The molecule has 0 amide bonds. The molecule has 0 fully saturated rings. The summed E-state index contributed by atoms with van der Waals surface area (Å²) in [6.07, 6.45) is 3.41. The summed E-state index contributed by atoms with van der Waals surface area (Å²) in [5.41, 5.74) is 5.26. The number of nitrogens with one attached hydrogen (secondary N) is 1. The van der Waals surface area contributed by atoms with Crippen LogP contribution in [0, 0.1) is 13.8 Å². The minimum Gasteiger partial charge on any atom is -0.496 e. The number of aryl methyl sites for hydroxylation is 2. The number of aromatic amines is 1. The van der Waals surface area contributed by atoms with E-state index in [0.29, 0.717) is 17.0 Å². The van der Waals surface area contributed by atoms with Crippen molar-refractivity contribution in [2.75, 3.05) is 7.11 Å². The summed E-state index contributed by atoms with van der Waals surface area (Å²) in [6.45, 7) is 5.72. The molecule has 5 rings (SSSR count). The zero-order valence-electron chi connectivity index (χ0n) is 18.4. The summed E-state index contributed by atoms with van der Waals surface area (Å²) in [4.78, 5) is 24.8. The van der Waals surface area contributed by atoms with Gasteiger partial charge in [0.1, 0.15) is 11.5 Å². The molecule has 0 bridgehead atoms. The molecule has 4 heterocycles. The molecule has 8 nitrogen and oxygen atoms in total. The van der Waals surface area contributed by atoms with Gasteiger partial charge in [0.25, 0.3) is 0 Å². The summed E-state index contributed by atoms with van der Waals surface area (Å²) >= 11 is 0. The molecule has 4 aromatic heterocycles. The highest BCUT2D eigenvalue weighted by Crippen LogP contribution is 2.39. The Labute approximate surface area is 201 Å². The van der Waals surface area contributed by atoms with E-state index in [4.69, 9.17) is 9.26 Å². The van der Waals surface area contributed by atoms with Gasteiger partial charge in [-0.15, -0.1) is 24.8 Å². The number of pyridine rings is 2. The number of rotatable bonds is 4. The van der Waals surface area contributed by atoms with Crippen LogP contribution < -0.4 is 10.4 Å². The second kappa shape index (κ2) is 9.25. The molecule has 33 heavy (non-hydrogen) atoms. The first-order chi connectivity index (χ1) is 15.0. The van der Waals surface area contributed by atoms with Gasteiger partial charge in [-0.1, -0.05) is 11.2 Å². The van der Waals surface area contributed by atoms with Crippen LogP contribution >= 0.6 is 24.8 Å². The molecule has 1 atom stereocenters. The lowest BCUT2D eigenvalue weighted by Crippen LogP contribution is -2.21. The summed E-state index contributed by atoms with van der Waals surface area (Å²) in [6, 6.07) is 9.29. The van der Waals surface area contributed by atoms with Crippen molar-refractivity contribution in [3.8, 4) is 16.9 Å². The van der Waals surface area contributed by atoms with Gasteiger partial charge in [-0.2, -0.15) is 0 Å². The fourth-order valence-electron chi connectivity index (χ4n) is 4.19. The SMILES string of the molecule is COc1cc2c(cc1-c1c(C)noc1C)ncc1[nH]c(=O)n(C(C)c3ccccn3)c12.Cl.Cl. The third kappa shape index (κ3) is 3.85. The molecule has 172 valence electrons. The van der Waals surface area contributed by atoms with E-state index in [1.807, 2.05) is 51.1 Å². The van der Waals surface area contributed by atoms with Gasteiger partial charge in [0, 0.05) is 17.1 Å². The first-order valence-electron chi connectivity index (χ1n) is 9.94. The van der Waals surface area contributed by atoms with Gasteiger partial charge >= 0.3 is 5.69 Å². The lowest BCUT2D eigenvalue weighted by molar-refractivity contribution is 0.393. The Morgan fingerprint density at radius 3 is 2.58 bits per heavy atom. The summed E-state index contributed by atoms with van der Waals surface area (Å²) < 4.78 is 12.8. The molecule has 0 aliphatic carbocycles. The normalized spacial score (nSPS) is 11.8. The number of benzene rings is 1.